The summed E-state index contributed by atoms with van der Waals surface area (Å²) in [6, 6.07) is 7.63. The highest BCUT2D eigenvalue weighted by Gasteiger charge is 2.27. The number of fused-ring (bicyclic) bond motifs is 1. The number of benzene rings is 1. The minimum Gasteiger partial charge on any atom is -0.372 e. The minimum absolute atomic E-state index is 0.0544. The first-order valence-corrected chi connectivity index (χ1v) is 4.85. The Morgan fingerprint density at radius 1 is 1.21 bits per heavy atom. The number of anilines is 2. The highest BCUT2D eigenvalue weighted by molar-refractivity contribution is 6.03. The standard InChI is InChI=1S/C11H14N2O/c1-7(2)10-11(14)13-9-6-4-3-5-8(9)12-10/h3-7,10,12H,1-2H3,(H,13,14). The molecule has 2 rings (SSSR count). The highest BCUT2D eigenvalue weighted by Crippen LogP contribution is 2.27. The van der Waals surface area contributed by atoms with Crippen LogP contribution in [-0.2, 0) is 4.79 Å². The van der Waals surface area contributed by atoms with Gasteiger partial charge in [0.15, 0.2) is 0 Å². The molecule has 0 bridgehead atoms. The molecule has 1 heterocycles. The first-order valence-electron chi connectivity index (χ1n) is 4.85. The van der Waals surface area contributed by atoms with Crippen molar-refractivity contribution in [2.75, 3.05) is 10.6 Å². The zero-order chi connectivity index (χ0) is 10.1. The summed E-state index contributed by atoms with van der Waals surface area (Å²) in [7, 11) is 0. The first kappa shape index (κ1) is 9.06. The van der Waals surface area contributed by atoms with Gasteiger partial charge in [0.1, 0.15) is 6.04 Å². The van der Waals surface area contributed by atoms with E-state index in [-0.39, 0.29) is 11.9 Å². The predicted molar refractivity (Wildman–Crippen MR) is 57.3 cm³/mol. The van der Waals surface area contributed by atoms with E-state index in [4.69, 9.17) is 0 Å². The summed E-state index contributed by atoms with van der Waals surface area (Å²) < 4.78 is 0. The molecule has 1 aromatic carbocycles. The molecular weight excluding hydrogens is 176 g/mol. The van der Waals surface area contributed by atoms with Crippen LogP contribution in [0.3, 0.4) is 0 Å². The van der Waals surface area contributed by atoms with Crippen molar-refractivity contribution in [2.24, 2.45) is 5.92 Å². The highest BCUT2D eigenvalue weighted by atomic mass is 16.2. The van der Waals surface area contributed by atoms with Gasteiger partial charge in [-0.25, -0.2) is 0 Å². The Labute approximate surface area is 83.5 Å². The summed E-state index contributed by atoms with van der Waals surface area (Å²) in [5.74, 6) is 0.349. The topological polar surface area (TPSA) is 41.1 Å². The van der Waals surface area contributed by atoms with Crippen LogP contribution in [-0.4, -0.2) is 11.9 Å². The van der Waals surface area contributed by atoms with Gasteiger partial charge in [-0.1, -0.05) is 26.0 Å². The van der Waals surface area contributed by atoms with Gasteiger partial charge in [-0.2, -0.15) is 0 Å². The maximum atomic E-state index is 11.6. The number of para-hydroxylation sites is 2. The molecule has 2 N–H and O–H groups in total. The fourth-order valence-electron chi connectivity index (χ4n) is 1.63. The maximum Gasteiger partial charge on any atom is 0.247 e. The molecule has 0 aliphatic carbocycles. The Morgan fingerprint density at radius 3 is 2.50 bits per heavy atom. The van der Waals surface area contributed by atoms with Crippen molar-refractivity contribution in [3.05, 3.63) is 24.3 Å². The molecule has 1 amide bonds. The van der Waals surface area contributed by atoms with Gasteiger partial charge in [-0.15, -0.1) is 0 Å². The molecule has 0 saturated carbocycles. The fraction of sp³-hybridized carbons (Fsp3) is 0.364. The van der Waals surface area contributed by atoms with E-state index < -0.39 is 0 Å². The fourth-order valence-corrected chi connectivity index (χ4v) is 1.63. The van der Waals surface area contributed by atoms with Crippen LogP contribution in [0.1, 0.15) is 13.8 Å². The molecule has 3 nitrogen and oxygen atoms in total. The molecule has 0 saturated heterocycles. The molecule has 1 unspecified atom stereocenters. The van der Waals surface area contributed by atoms with Gasteiger partial charge in [-0.05, 0) is 18.1 Å². The minimum atomic E-state index is -0.120. The van der Waals surface area contributed by atoms with E-state index in [1.54, 1.807) is 0 Å². The first-order chi connectivity index (χ1) is 6.68. The van der Waals surface area contributed by atoms with Crippen molar-refractivity contribution in [1.82, 2.24) is 0 Å². The molecule has 0 spiro atoms. The summed E-state index contributed by atoms with van der Waals surface area (Å²) in [4.78, 5) is 11.6. The molecule has 0 fully saturated rings. The monoisotopic (exact) mass is 190 g/mol. The number of amides is 1. The van der Waals surface area contributed by atoms with E-state index in [1.165, 1.54) is 0 Å². The molecule has 0 radical (unpaired) electrons. The molecule has 3 heteroatoms. The predicted octanol–water partition coefficient (Wildman–Crippen LogP) is 2.08. The Bertz CT molecular complexity index is 360. The zero-order valence-corrected chi connectivity index (χ0v) is 8.37. The van der Waals surface area contributed by atoms with Crippen LogP contribution < -0.4 is 10.6 Å². The molecule has 1 aliphatic heterocycles. The van der Waals surface area contributed by atoms with Crippen LogP contribution in [0.4, 0.5) is 11.4 Å². The summed E-state index contributed by atoms with van der Waals surface area (Å²) in [5, 5.41) is 6.12. The summed E-state index contributed by atoms with van der Waals surface area (Å²) in [6.45, 7) is 4.07. The van der Waals surface area contributed by atoms with E-state index in [1.807, 2.05) is 38.1 Å². The van der Waals surface area contributed by atoms with E-state index in [0.29, 0.717) is 5.92 Å². The van der Waals surface area contributed by atoms with Gasteiger partial charge in [0.25, 0.3) is 0 Å². The Hall–Kier alpha value is -1.51. The Morgan fingerprint density at radius 2 is 1.86 bits per heavy atom. The lowest BCUT2D eigenvalue weighted by molar-refractivity contribution is -0.117. The average Bonchev–Trinajstić information content (AvgIpc) is 2.16. The summed E-state index contributed by atoms with van der Waals surface area (Å²) >= 11 is 0. The van der Waals surface area contributed by atoms with Gasteiger partial charge in [0.2, 0.25) is 5.91 Å². The van der Waals surface area contributed by atoms with Crippen LogP contribution in [0, 0.1) is 5.92 Å². The molecular formula is C11H14N2O. The van der Waals surface area contributed by atoms with E-state index in [2.05, 4.69) is 10.6 Å². The third-order valence-corrected chi connectivity index (χ3v) is 2.45. The second kappa shape index (κ2) is 3.33. The largest absolute Gasteiger partial charge is 0.372 e. The lowest BCUT2D eigenvalue weighted by Crippen LogP contribution is -2.42. The Balaban J connectivity index is 2.31. The number of carbonyl (C=O) groups excluding carboxylic acids is 1. The third-order valence-electron chi connectivity index (χ3n) is 2.45. The normalized spacial score (nSPS) is 19.9. The number of rotatable bonds is 1. The Kier molecular flexibility index (Phi) is 2.15. The SMILES string of the molecule is CC(C)C1Nc2ccccc2NC1=O. The third kappa shape index (κ3) is 1.45. The van der Waals surface area contributed by atoms with Crippen LogP contribution in [0.2, 0.25) is 0 Å². The number of nitrogens with one attached hydrogen (secondary N) is 2. The van der Waals surface area contributed by atoms with Gasteiger partial charge < -0.3 is 10.6 Å². The quantitative estimate of drug-likeness (QED) is 0.711. The molecule has 14 heavy (non-hydrogen) atoms. The van der Waals surface area contributed by atoms with Crippen molar-refractivity contribution < 1.29 is 4.79 Å². The number of hydrogen-bond donors (Lipinski definition) is 2. The summed E-state index contributed by atoms with van der Waals surface area (Å²) in [6.07, 6.45) is 0. The second-order valence-corrected chi connectivity index (χ2v) is 3.90. The van der Waals surface area contributed by atoms with E-state index in [9.17, 15) is 4.79 Å². The second-order valence-electron chi connectivity index (χ2n) is 3.90. The van der Waals surface area contributed by atoms with Crippen LogP contribution in [0.25, 0.3) is 0 Å². The van der Waals surface area contributed by atoms with Gasteiger partial charge in [0, 0.05) is 0 Å². The lowest BCUT2D eigenvalue weighted by atomic mass is 10.0. The van der Waals surface area contributed by atoms with Crippen molar-refractivity contribution in [2.45, 2.75) is 19.9 Å². The van der Waals surface area contributed by atoms with Crippen molar-refractivity contribution >= 4 is 17.3 Å². The molecule has 0 aromatic heterocycles. The van der Waals surface area contributed by atoms with Gasteiger partial charge in [-0.3, -0.25) is 4.79 Å². The molecule has 1 aliphatic rings. The molecule has 1 atom stereocenters. The van der Waals surface area contributed by atoms with Crippen LogP contribution in [0.5, 0.6) is 0 Å². The lowest BCUT2D eigenvalue weighted by Gasteiger charge is -2.29. The van der Waals surface area contributed by atoms with E-state index >= 15 is 0 Å². The zero-order valence-electron chi connectivity index (χ0n) is 8.37. The van der Waals surface area contributed by atoms with Crippen LogP contribution >= 0.6 is 0 Å². The van der Waals surface area contributed by atoms with Gasteiger partial charge >= 0.3 is 0 Å². The maximum absolute atomic E-state index is 11.6. The number of carbonyl (C=O) groups is 1. The van der Waals surface area contributed by atoms with Crippen LogP contribution in [0.15, 0.2) is 24.3 Å². The van der Waals surface area contributed by atoms with Crippen molar-refractivity contribution in [3.8, 4) is 0 Å². The smallest absolute Gasteiger partial charge is 0.247 e. The van der Waals surface area contributed by atoms with E-state index in [0.717, 1.165) is 11.4 Å². The summed E-state index contributed by atoms with van der Waals surface area (Å²) in [5.41, 5.74) is 1.88. The van der Waals surface area contributed by atoms with Crippen molar-refractivity contribution in [1.29, 1.82) is 0 Å². The molecule has 1 aromatic rings. The van der Waals surface area contributed by atoms with Gasteiger partial charge in [0.05, 0.1) is 11.4 Å². The average molecular weight is 190 g/mol. The van der Waals surface area contributed by atoms with Crippen molar-refractivity contribution in [3.63, 3.8) is 0 Å². The number of hydrogen-bond acceptors (Lipinski definition) is 2. The molecule has 74 valence electrons.